The smallest absolute Gasteiger partial charge is 0.119 e. The molecule has 3 nitrogen and oxygen atoms in total. The van der Waals surface area contributed by atoms with E-state index in [4.69, 9.17) is 4.74 Å². The maximum Gasteiger partial charge on any atom is 0.119 e. The van der Waals surface area contributed by atoms with Crippen LogP contribution in [0.25, 0.3) is 10.9 Å². The SMILES string of the molecule is CCN(CC)CCn1c2c(c3cc(OC)ccc31)CCCCC2. The minimum atomic E-state index is 0.977. The first kappa shape index (κ1) is 16.4. The number of hydrogen-bond donors (Lipinski definition) is 0. The molecule has 23 heavy (non-hydrogen) atoms. The third-order valence-corrected chi connectivity index (χ3v) is 5.37. The maximum absolute atomic E-state index is 5.47. The number of aromatic nitrogens is 1. The van der Waals surface area contributed by atoms with Crippen molar-refractivity contribution >= 4 is 10.9 Å². The lowest BCUT2D eigenvalue weighted by atomic mass is 10.1. The zero-order chi connectivity index (χ0) is 16.2. The molecule has 3 heteroatoms. The van der Waals surface area contributed by atoms with Gasteiger partial charge in [0.1, 0.15) is 5.75 Å². The second kappa shape index (κ2) is 7.39. The standard InChI is InChI=1S/C20H30N2O/c1-4-21(5-2)13-14-22-19-10-8-6-7-9-17(19)18-15-16(23-3)11-12-20(18)22/h11-12,15H,4-10,13-14H2,1-3H3. The van der Waals surface area contributed by atoms with Gasteiger partial charge in [-0.3, -0.25) is 0 Å². The summed E-state index contributed by atoms with van der Waals surface area (Å²) in [5.74, 6) is 0.977. The maximum atomic E-state index is 5.47. The fourth-order valence-corrected chi connectivity index (χ4v) is 3.96. The summed E-state index contributed by atoms with van der Waals surface area (Å²) in [4.78, 5) is 2.51. The van der Waals surface area contributed by atoms with E-state index < -0.39 is 0 Å². The fourth-order valence-electron chi connectivity index (χ4n) is 3.96. The Morgan fingerprint density at radius 2 is 1.87 bits per heavy atom. The second-order valence-electron chi connectivity index (χ2n) is 6.55. The average Bonchev–Trinajstić information content (AvgIpc) is 2.74. The van der Waals surface area contributed by atoms with Crippen LogP contribution in [-0.4, -0.2) is 36.2 Å². The number of likely N-dealkylation sites (N-methyl/N-ethyl adjacent to an activating group) is 1. The number of aryl methyl sites for hydroxylation is 1. The van der Waals surface area contributed by atoms with E-state index in [9.17, 15) is 0 Å². The Bertz CT molecular complexity index is 655. The predicted molar refractivity (Wildman–Crippen MR) is 97.5 cm³/mol. The number of fused-ring (bicyclic) bond motifs is 3. The van der Waals surface area contributed by atoms with Gasteiger partial charge in [-0.05, 0) is 62.5 Å². The van der Waals surface area contributed by atoms with Gasteiger partial charge >= 0.3 is 0 Å². The molecule has 0 N–H and O–H groups in total. The van der Waals surface area contributed by atoms with Gasteiger partial charge in [-0.2, -0.15) is 0 Å². The molecular weight excluding hydrogens is 284 g/mol. The molecule has 1 heterocycles. The van der Waals surface area contributed by atoms with Crippen LogP contribution < -0.4 is 4.74 Å². The summed E-state index contributed by atoms with van der Waals surface area (Å²) >= 11 is 0. The summed E-state index contributed by atoms with van der Waals surface area (Å²) in [6, 6.07) is 6.61. The van der Waals surface area contributed by atoms with Gasteiger partial charge in [0.05, 0.1) is 7.11 Å². The molecule has 0 aliphatic heterocycles. The van der Waals surface area contributed by atoms with E-state index in [-0.39, 0.29) is 0 Å². The molecule has 2 aromatic rings. The molecular formula is C20H30N2O. The summed E-state index contributed by atoms with van der Waals surface area (Å²) in [5, 5.41) is 1.42. The van der Waals surface area contributed by atoms with Gasteiger partial charge < -0.3 is 14.2 Å². The highest BCUT2D eigenvalue weighted by Crippen LogP contribution is 2.33. The Hall–Kier alpha value is -1.48. The molecule has 0 fully saturated rings. The van der Waals surface area contributed by atoms with Crippen molar-refractivity contribution in [2.75, 3.05) is 26.7 Å². The molecule has 0 atom stereocenters. The number of rotatable bonds is 6. The van der Waals surface area contributed by atoms with E-state index in [2.05, 4.69) is 41.5 Å². The molecule has 0 bridgehead atoms. The first-order valence-electron chi connectivity index (χ1n) is 9.18. The minimum Gasteiger partial charge on any atom is -0.497 e. The van der Waals surface area contributed by atoms with Crippen molar-refractivity contribution in [3.63, 3.8) is 0 Å². The summed E-state index contributed by atoms with van der Waals surface area (Å²) in [6.07, 6.45) is 6.45. The third-order valence-electron chi connectivity index (χ3n) is 5.37. The largest absolute Gasteiger partial charge is 0.497 e. The number of hydrogen-bond acceptors (Lipinski definition) is 2. The highest BCUT2D eigenvalue weighted by atomic mass is 16.5. The van der Waals surface area contributed by atoms with E-state index in [1.165, 1.54) is 43.0 Å². The Kier molecular flexibility index (Phi) is 5.27. The Labute approximate surface area is 140 Å². The van der Waals surface area contributed by atoms with Crippen molar-refractivity contribution in [3.05, 3.63) is 29.5 Å². The van der Waals surface area contributed by atoms with Crippen LogP contribution >= 0.6 is 0 Å². The monoisotopic (exact) mass is 314 g/mol. The number of methoxy groups -OCH3 is 1. The summed E-state index contributed by atoms with van der Waals surface area (Å²) in [6.45, 7) is 9.00. The lowest BCUT2D eigenvalue weighted by Gasteiger charge is -2.20. The lowest BCUT2D eigenvalue weighted by molar-refractivity contribution is 0.291. The third kappa shape index (κ3) is 3.25. The van der Waals surface area contributed by atoms with Crippen LogP contribution in [0.4, 0.5) is 0 Å². The molecule has 0 saturated carbocycles. The molecule has 0 radical (unpaired) electrons. The van der Waals surface area contributed by atoms with Crippen molar-refractivity contribution in [1.82, 2.24) is 9.47 Å². The van der Waals surface area contributed by atoms with Crippen LogP contribution in [0.5, 0.6) is 5.75 Å². The Morgan fingerprint density at radius 1 is 1.09 bits per heavy atom. The summed E-state index contributed by atoms with van der Waals surface area (Å²) < 4.78 is 8.06. The predicted octanol–water partition coefficient (Wildman–Crippen LogP) is 4.26. The highest BCUT2D eigenvalue weighted by molar-refractivity contribution is 5.87. The topological polar surface area (TPSA) is 17.4 Å². The van der Waals surface area contributed by atoms with Gasteiger partial charge in [-0.1, -0.05) is 20.3 Å². The van der Waals surface area contributed by atoms with Crippen molar-refractivity contribution in [3.8, 4) is 5.75 Å². The fraction of sp³-hybridized carbons (Fsp3) is 0.600. The van der Waals surface area contributed by atoms with Crippen molar-refractivity contribution in [2.24, 2.45) is 0 Å². The summed E-state index contributed by atoms with van der Waals surface area (Å²) in [7, 11) is 1.76. The van der Waals surface area contributed by atoms with Crippen LogP contribution in [0.2, 0.25) is 0 Å². The van der Waals surface area contributed by atoms with Crippen LogP contribution in [0.15, 0.2) is 18.2 Å². The number of nitrogens with zero attached hydrogens (tertiary/aromatic N) is 2. The first-order chi connectivity index (χ1) is 11.3. The highest BCUT2D eigenvalue weighted by Gasteiger charge is 2.19. The van der Waals surface area contributed by atoms with Gasteiger partial charge in [0, 0.05) is 29.7 Å². The average molecular weight is 314 g/mol. The van der Waals surface area contributed by atoms with Gasteiger partial charge in [0.15, 0.2) is 0 Å². The molecule has 0 amide bonds. The van der Waals surface area contributed by atoms with Gasteiger partial charge in [-0.25, -0.2) is 0 Å². The van der Waals surface area contributed by atoms with Crippen molar-refractivity contribution in [1.29, 1.82) is 0 Å². The molecule has 1 aliphatic rings. The number of ether oxygens (including phenoxy) is 1. The summed E-state index contributed by atoms with van der Waals surface area (Å²) in [5.41, 5.74) is 4.55. The van der Waals surface area contributed by atoms with Crippen LogP contribution in [0.1, 0.15) is 44.4 Å². The zero-order valence-electron chi connectivity index (χ0n) is 14.9. The second-order valence-corrected chi connectivity index (χ2v) is 6.55. The van der Waals surface area contributed by atoms with Crippen LogP contribution in [0, 0.1) is 0 Å². The van der Waals surface area contributed by atoms with Gasteiger partial charge in [0.25, 0.3) is 0 Å². The van der Waals surface area contributed by atoms with Gasteiger partial charge in [0.2, 0.25) is 0 Å². The first-order valence-corrected chi connectivity index (χ1v) is 9.18. The van der Waals surface area contributed by atoms with Crippen LogP contribution in [0.3, 0.4) is 0 Å². The zero-order valence-corrected chi connectivity index (χ0v) is 14.9. The van der Waals surface area contributed by atoms with Gasteiger partial charge in [-0.15, -0.1) is 0 Å². The molecule has 1 aromatic heterocycles. The van der Waals surface area contributed by atoms with E-state index in [0.717, 1.165) is 31.9 Å². The molecule has 0 spiro atoms. The normalized spacial score (nSPS) is 15.0. The molecule has 3 rings (SSSR count). The Balaban J connectivity index is 2.02. The van der Waals surface area contributed by atoms with Crippen molar-refractivity contribution in [2.45, 2.75) is 52.5 Å². The lowest BCUT2D eigenvalue weighted by Crippen LogP contribution is -2.27. The molecule has 0 unspecified atom stereocenters. The molecule has 1 aromatic carbocycles. The quantitative estimate of drug-likeness (QED) is 0.741. The Morgan fingerprint density at radius 3 is 2.61 bits per heavy atom. The number of benzene rings is 1. The molecule has 0 saturated heterocycles. The minimum absolute atomic E-state index is 0.977. The van der Waals surface area contributed by atoms with E-state index >= 15 is 0 Å². The van der Waals surface area contributed by atoms with E-state index in [1.54, 1.807) is 18.4 Å². The molecule has 1 aliphatic carbocycles. The molecule has 126 valence electrons. The van der Waals surface area contributed by atoms with E-state index in [1.807, 2.05) is 0 Å². The van der Waals surface area contributed by atoms with Crippen molar-refractivity contribution < 1.29 is 4.74 Å². The van der Waals surface area contributed by atoms with E-state index in [0.29, 0.717) is 0 Å². The van der Waals surface area contributed by atoms with Crippen LogP contribution in [-0.2, 0) is 19.4 Å².